The van der Waals surface area contributed by atoms with Crippen LogP contribution in [-0.2, 0) is 17.6 Å². The molecule has 1 heterocycles. The van der Waals surface area contributed by atoms with Crippen molar-refractivity contribution in [1.29, 1.82) is 0 Å². The summed E-state index contributed by atoms with van der Waals surface area (Å²) in [7, 11) is 1.59. The van der Waals surface area contributed by atoms with Gasteiger partial charge >= 0.3 is 0 Å². The summed E-state index contributed by atoms with van der Waals surface area (Å²) < 4.78 is 17.2. The molecule has 1 unspecified atom stereocenters. The fourth-order valence-electron chi connectivity index (χ4n) is 4.62. The highest BCUT2D eigenvalue weighted by atomic mass is 35.5. The van der Waals surface area contributed by atoms with E-state index in [2.05, 4.69) is 6.07 Å². The lowest BCUT2D eigenvalue weighted by molar-refractivity contribution is -0.122. The standard InChI is InChI=1S/C29H32Cl2N2O4/c1-19-14-23(30)28(24(31)15-19)37-13-12-36-26-10-9-20(17-27(26)35-2)16-22(18-32)29(34)33-11-5-7-21-6-3-4-8-25(21)33/h3-4,6,8-10,14-15,17,22H,5,7,11-13,16,18,32H2,1-2H3. The number of anilines is 1. The van der Waals surface area contributed by atoms with Crippen molar-refractivity contribution in [2.45, 2.75) is 26.2 Å². The second-order valence-electron chi connectivity index (χ2n) is 9.10. The van der Waals surface area contributed by atoms with Crippen molar-refractivity contribution in [3.8, 4) is 17.2 Å². The molecule has 0 aliphatic carbocycles. The lowest BCUT2D eigenvalue weighted by atomic mass is 9.95. The van der Waals surface area contributed by atoms with Gasteiger partial charge in [0.1, 0.15) is 13.2 Å². The van der Waals surface area contributed by atoms with Crippen molar-refractivity contribution in [1.82, 2.24) is 0 Å². The molecule has 1 aliphatic heterocycles. The number of hydrogen-bond acceptors (Lipinski definition) is 5. The van der Waals surface area contributed by atoms with Gasteiger partial charge in [0.15, 0.2) is 17.2 Å². The number of para-hydroxylation sites is 1. The summed E-state index contributed by atoms with van der Waals surface area (Å²) in [5.74, 6) is 1.32. The summed E-state index contributed by atoms with van der Waals surface area (Å²) in [4.78, 5) is 15.3. The molecular weight excluding hydrogens is 511 g/mol. The van der Waals surface area contributed by atoms with Crippen LogP contribution >= 0.6 is 23.2 Å². The lowest BCUT2D eigenvalue weighted by Crippen LogP contribution is -2.42. The first kappa shape index (κ1) is 27.1. The summed E-state index contributed by atoms with van der Waals surface area (Å²) in [5.41, 5.74) is 10.2. The zero-order valence-electron chi connectivity index (χ0n) is 21.1. The Morgan fingerprint density at radius 1 is 1.03 bits per heavy atom. The summed E-state index contributed by atoms with van der Waals surface area (Å²) in [6.45, 7) is 3.42. The van der Waals surface area contributed by atoms with Crippen LogP contribution in [0.4, 0.5) is 5.69 Å². The first-order valence-electron chi connectivity index (χ1n) is 12.4. The molecule has 2 N–H and O–H groups in total. The fraction of sp³-hybridized carbons (Fsp3) is 0.345. The number of methoxy groups -OCH3 is 1. The van der Waals surface area contributed by atoms with E-state index in [1.54, 1.807) is 19.2 Å². The van der Waals surface area contributed by atoms with E-state index in [-0.39, 0.29) is 31.6 Å². The summed E-state index contributed by atoms with van der Waals surface area (Å²) in [5, 5.41) is 0.924. The molecule has 0 aromatic heterocycles. The Morgan fingerprint density at radius 2 is 1.76 bits per heavy atom. The average Bonchev–Trinajstić information content (AvgIpc) is 2.90. The van der Waals surface area contributed by atoms with Crippen LogP contribution in [0, 0.1) is 12.8 Å². The maximum atomic E-state index is 13.4. The Morgan fingerprint density at radius 3 is 2.49 bits per heavy atom. The molecule has 0 radical (unpaired) electrons. The van der Waals surface area contributed by atoms with Gasteiger partial charge < -0.3 is 24.8 Å². The van der Waals surface area contributed by atoms with Crippen LogP contribution in [0.3, 0.4) is 0 Å². The minimum Gasteiger partial charge on any atom is -0.493 e. The molecule has 6 nitrogen and oxygen atoms in total. The number of rotatable bonds is 10. The van der Waals surface area contributed by atoms with E-state index in [0.29, 0.717) is 40.3 Å². The third kappa shape index (κ3) is 6.50. The van der Waals surface area contributed by atoms with Crippen molar-refractivity contribution in [3.05, 3.63) is 81.3 Å². The van der Waals surface area contributed by atoms with Crippen LogP contribution in [-0.4, -0.2) is 39.3 Å². The van der Waals surface area contributed by atoms with Crippen LogP contribution in [0.5, 0.6) is 17.2 Å². The zero-order chi connectivity index (χ0) is 26.4. The second-order valence-corrected chi connectivity index (χ2v) is 9.91. The quantitative estimate of drug-likeness (QED) is 0.324. The number of amides is 1. The highest BCUT2D eigenvalue weighted by Crippen LogP contribution is 2.34. The topological polar surface area (TPSA) is 74.0 Å². The van der Waals surface area contributed by atoms with Gasteiger partial charge in [0.25, 0.3) is 0 Å². The molecule has 37 heavy (non-hydrogen) atoms. The fourth-order valence-corrected chi connectivity index (χ4v) is 5.32. The van der Waals surface area contributed by atoms with Gasteiger partial charge in [-0.1, -0.05) is 47.5 Å². The molecule has 0 spiro atoms. The first-order chi connectivity index (χ1) is 17.9. The van der Waals surface area contributed by atoms with E-state index in [1.165, 1.54) is 5.56 Å². The number of carbonyl (C=O) groups excluding carboxylic acids is 1. The molecule has 1 aliphatic rings. The van der Waals surface area contributed by atoms with E-state index in [9.17, 15) is 4.79 Å². The van der Waals surface area contributed by atoms with Gasteiger partial charge in [0.05, 0.1) is 23.1 Å². The van der Waals surface area contributed by atoms with Gasteiger partial charge in [-0.05, 0) is 73.2 Å². The maximum Gasteiger partial charge on any atom is 0.231 e. The predicted molar refractivity (Wildman–Crippen MR) is 149 cm³/mol. The maximum absolute atomic E-state index is 13.4. The molecule has 4 rings (SSSR count). The van der Waals surface area contributed by atoms with E-state index in [0.717, 1.165) is 29.7 Å². The molecule has 8 heteroatoms. The third-order valence-corrected chi connectivity index (χ3v) is 7.01. The molecular formula is C29H32Cl2N2O4. The number of hydrogen-bond donors (Lipinski definition) is 1. The van der Waals surface area contributed by atoms with Crippen LogP contribution < -0.4 is 24.8 Å². The van der Waals surface area contributed by atoms with Crippen molar-refractivity contribution in [3.63, 3.8) is 0 Å². The number of halogens is 2. The molecule has 1 amide bonds. The van der Waals surface area contributed by atoms with Gasteiger partial charge in [-0.15, -0.1) is 0 Å². The van der Waals surface area contributed by atoms with Crippen molar-refractivity contribution >= 4 is 34.8 Å². The number of carbonyl (C=O) groups is 1. The molecule has 3 aromatic rings. The number of benzene rings is 3. The van der Waals surface area contributed by atoms with E-state index < -0.39 is 0 Å². The highest BCUT2D eigenvalue weighted by molar-refractivity contribution is 6.37. The molecule has 0 bridgehead atoms. The number of ether oxygens (including phenoxy) is 3. The minimum atomic E-state index is -0.333. The number of nitrogens with zero attached hydrogens (tertiary/aromatic N) is 1. The lowest BCUT2D eigenvalue weighted by Gasteiger charge is -2.32. The minimum absolute atomic E-state index is 0.0551. The molecule has 0 saturated carbocycles. The van der Waals surface area contributed by atoms with E-state index in [4.69, 9.17) is 43.1 Å². The van der Waals surface area contributed by atoms with Gasteiger partial charge in [0, 0.05) is 18.8 Å². The van der Waals surface area contributed by atoms with Crippen LogP contribution in [0.25, 0.3) is 0 Å². The summed E-state index contributed by atoms with van der Waals surface area (Å²) in [6.07, 6.45) is 2.45. The number of aryl methyl sites for hydroxylation is 2. The SMILES string of the molecule is COc1cc(CC(CN)C(=O)N2CCCc3ccccc32)ccc1OCCOc1c(Cl)cc(C)cc1Cl. The summed E-state index contributed by atoms with van der Waals surface area (Å²) in [6, 6.07) is 17.4. The zero-order valence-corrected chi connectivity index (χ0v) is 22.6. The van der Waals surface area contributed by atoms with Gasteiger partial charge in [-0.3, -0.25) is 4.79 Å². The summed E-state index contributed by atoms with van der Waals surface area (Å²) >= 11 is 12.5. The Bertz CT molecular complexity index is 1230. The molecule has 0 saturated heterocycles. The van der Waals surface area contributed by atoms with Gasteiger partial charge in [-0.25, -0.2) is 0 Å². The molecule has 1 atom stereocenters. The highest BCUT2D eigenvalue weighted by Gasteiger charge is 2.28. The Balaban J connectivity index is 1.38. The Labute approximate surface area is 228 Å². The predicted octanol–water partition coefficient (Wildman–Crippen LogP) is 5.87. The number of nitrogens with two attached hydrogens (primary N) is 1. The van der Waals surface area contributed by atoms with Crippen LogP contribution in [0.15, 0.2) is 54.6 Å². The van der Waals surface area contributed by atoms with E-state index in [1.807, 2.05) is 48.2 Å². The smallest absolute Gasteiger partial charge is 0.231 e. The average molecular weight is 543 g/mol. The van der Waals surface area contributed by atoms with Gasteiger partial charge in [0.2, 0.25) is 5.91 Å². The van der Waals surface area contributed by atoms with Crippen LogP contribution in [0.2, 0.25) is 10.0 Å². The van der Waals surface area contributed by atoms with E-state index >= 15 is 0 Å². The van der Waals surface area contributed by atoms with Crippen LogP contribution in [0.1, 0.15) is 23.1 Å². The normalized spacial score (nSPS) is 13.6. The monoisotopic (exact) mass is 542 g/mol. The van der Waals surface area contributed by atoms with Crippen molar-refractivity contribution in [2.24, 2.45) is 11.7 Å². The second kappa shape index (κ2) is 12.5. The van der Waals surface area contributed by atoms with Gasteiger partial charge in [-0.2, -0.15) is 0 Å². The largest absolute Gasteiger partial charge is 0.493 e. The molecule has 196 valence electrons. The molecule has 3 aromatic carbocycles. The van der Waals surface area contributed by atoms with Crippen molar-refractivity contribution in [2.75, 3.05) is 38.3 Å². The third-order valence-electron chi connectivity index (χ3n) is 6.45. The number of fused-ring (bicyclic) bond motifs is 1. The molecule has 0 fully saturated rings. The van der Waals surface area contributed by atoms with Crippen molar-refractivity contribution < 1.29 is 19.0 Å². The Hall–Kier alpha value is -2.93. The first-order valence-corrected chi connectivity index (χ1v) is 13.1. The Kier molecular flexibility index (Phi) is 9.19.